The second-order valence-corrected chi connectivity index (χ2v) is 16.0. The fraction of sp³-hybridized carbons (Fsp3) is 0. The third-order valence-corrected chi connectivity index (χ3v) is 12.8. The number of hydrogen-bond acceptors (Lipinski definition) is 2. The maximum Gasteiger partial charge on any atom is 0.143 e. The Bertz CT molecular complexity index is 3800. The van der Waals surface area contributed by atoms with E-state index in [0.29, 0.717) is 0 Å². The number of fused-ring (bicyclic) bond motifs is 5. The zero-order valence-corrected chi connectivity index (χ0v) is 32.6. The van der Waals surface area contributed by atoms with Crippen LogP contribution in [-0.2, 0) is 0 Å². The molecule has 2 heteroatoms. The maximum atomic E-state index is 6.49. The number of benzene rings is 11. The molecule has 0 spiro atoms. The number of rotatable bonds is 5. The van der Waals surface area contributed by atoms with E-state index in [2.05, 4.69) is 205 Å². The fourth-order valence-corrected chi connectivity index (χ4v) is 10.1. The van der Waals surface area contributed by atoms with E-state index >= 15 is 0 Å². The van der Waals surface area contributed by atoms with Crippen molar-refractivity contribution in [3.63, 3.8) is 0 Å². The molecule has 0 aliphatic carbocycles. The monoisotopic (exact) mass is 761 g/mol. The average Bonchev–Trinajstić information content (AvgIpc) is 3.70. The van der Waals surface area contributed by atoms with Crippen molar-refractivity contribution in [1.82, 2.24) is 0 Å². The van der Waals surface area contributed by atoms with Gasteiger partial charge in [-0.25, -0.2) is 0 Å². The largest absolute Gasteiger partial charge is 0.455 e. The number of anilines is 3. The summed E-state index contributed by atoms with van der Waals surface area (Å²) in [6, 6.07) is 77.7. The van der Waals surface area contributed by atoms with Crippen molar-refractivity contribution in [1.29, 1.82) is 0 Å². The highest BCUT2D eigenvalue weighted by Gasteiger charge is 2.22. The molecule has 0 bridgehead atoms. The van der Waals surface area contributed by atoms with Crippen LogP contribution < -0.4 is 4.90 Å². The Labute approximate surface area is 346 Å². The van der Waals surface area contributed by atoms with E-state index in [1.807, 2.05) is 12.1 Å². The lowest BCUT2D eigenvalue weighted by atomic mass is 9.87. The lowest BCUT2D eigenvalue weighted by Crippen LogP contribution is -2.10. The normalized spacial score (nSPS) is 12.0. The van der Waals surface area contributed by atoms with Crippen molar-refractivity contribution in [3.05, 3.63) is 212 Å². The van der Waals surface area contributed by atoms with Crippen molar-refractivity contribution in [2.75, 3.05) is 4.90 Å². The van der Waals surface area contributed by atoms with E-state index in [4.69, 9.17) is 4.42 Å². The van der Waals surface area contributed by atoms with E-state index in [0.717, 1.165) is 50.1 Å². The van der Waals surface area contributed by atoms with Crippen LogP contribution in [0, 0.1) is 0 Å². The zero-order chi connectivity index (χ0) is 39.3. The van der Waals surface area contributed by atoms with Crippen LogP contribution in [0.3, 0.4) is 0 Å². The first-order valence-electron chi connectivity index (χ1n) is 20.7. The van der Waals surface area contributed by atoms with Gasteiger partial charge in [-0.1, -0.05) is 176 Å². The molecular formula is C58H35NO. The number of hydrogen-bond donors (Lipinski definition) is 0. The van der Waals surface area contributed by atoms with Crippen molar-refractivity contribution < 1.29 is 4.42 Å². The highest BCUT2D eigenvalue weighted by atomic mass is 16.3. The van der Waals surface area contributed by atoms with Gasteiger partial charge in [0.1, 0.15) is 11.2 Å². The number of furan rings is 1. The molecule has 13 rings (SSSR count). The molecule has 60 heavy (non-hydrogen) atoms. The second-order valence-electron chi connectivity index (χ2n) is 16.0. The van der Waals surface area contributed by atoms with Gasteiger partial charge in [-0.3, -0.25) is 0 Å². The zero-order valence-electron chi connectivity index (χ0n) is 32.6. The quantitative estimate of drug-likeness (QED) is 0.162. The van der Waals surface area contributed by atoms with Gasteiger partial charge in [0.15, 0.2) is 0 Å². The molecule has 1 heterocycles. The molecule has 0 fully saturated rings. The Kier molecular flexibility index (Phi) is 7.05. The molecule has 0 radical (unpaired) electrons. The predicted molar refractivity (Wildman–Crippen MR) is 255 cm³/mol. The summed E-state index contributed by atoms with van der Waals surface area (Å²) < 4.78 is 6.49. The third-order valence-electron chi connectivity index (χ3n) is 12.8. The van der Waals surface area contributed by atoms with E-state index < -0.39 is 0 Å². The molecular weight excluding hydrogens is 727 g/mol. The lowest BCUT2D eigenvalue weighted by Gasteiger charge is -2.28. The average molecular weight is 762 g/mol. The van der Waals surface area contributed by atoms with Crippen molar-refractivity contribution in [2.24, 2.45) is 0 Å². The van der Waals surface area contributed by atoms with Crippen LogP contribution in [0.25, 0.3) is 109 Å². The van der Waals surface area contributed by atoms with E-state index in [9.17, 15) is 0 Å². The number of para-hydroxylation sites is 2. The molecule has 0 amide bonds. The summed E-state index contributed by atoms with van der Waals surface area (Å²) in [4.78, 5) is 2.44. The van der Waals surface area contributed by atoms with E-state index in [-0.39, 0.29) is 0 Å². The van der Waals surface area contributed by atoms with Crippen LogP contribution in [0.5, 0.6) is 0 Å². The topological polar surface area (TPSA) is 16.4 Å². The van der Waals surface area contributed by atoms with Crippen molar-refractivity contribution in [3.8, 4) is 22.3 Å². The van der Waals surface area contributed by atoms with Gasteiger partial charge in [0.05, 0.1) is 5.69 Å². The van der Waals surface area contributed by atoms with Gasteiger partial charge in [-0.15, -0.1) is 0 Å². The SMILES string of the molecule is c1ccc(-c2ccc(N(c3ccc(-c4cccc5c4oc4ccccc45)cc3)c3cc4cccc5c6cccc7ccc8cccc(c9cccc3c9c45)c8c76)cc2)cc1. The molecule has 0 saturated carbocycles. The summed E-state index contributed by atoms with van der Waals surface area (Å²) in [7, 11) is 0. The molecule has 0 aliphatic rings. The second kappa shape index (κ2) is 12.8. The minimum atomic E-state index is 0.906. The van der Waals surface area contributed by atoms with Crippen LogP contribution >= 0.6 is 0 Å². The maximum absolute atomic E-state index is 6.49. The summed E-state index contributed by atoms with van der Waals surface area (Å²) in [5, 5.41) is 17.5. The van der Waals surface area contributed by atoms with Crippen LogP contribution in [0.15, 0.2) is 217 Å². The summed E-state index contributed by atoms with van der Waals surface area (Å²) >= 11 is 0. The Morgan fingerprint density at radius 3 is 1.47 bits per heavy atom. The molecule has 0 unspecified atom stereocenters. The molecule has 278 valence electrons. The minimum absolute atomic E-state index is 0.906. The van der Waals surface area contributed by atoms with Crippen LogP contribution in [-0.4, -0.2) is 0 Å². The Morgan fingerprint density at radius 1 is 0.300 bits per heavy atom. The Balaban J connectivity index is 1.09. The first-order chi connectivity index (χ1) is 29.8. The number of nitrogens with zero attached hydrogens (tertiary/aromatic N) is 1. The predicted octanol–water partition coefficient (Wildman–Crippen LogP) is 16.7. The van der Waals surface area contributed by atoms with Crippen molar-refractivity contribution >= 4 is 104 Å². The molecule has 1 aromatic heterocycles. The highest BCUT2D eigenvalue weighted by molar-refractivity contribution is 6.38. The Hall–Kier alpha value is -7.94. The third kappa shape index (κ3) is 4.82. The summed E-state index contributed by atoms with van der Waals surface area (Å²) in [5.41, 5.74) is 9.71. The first-order valence-corrected chi connectivity index (χ1v) is 20.7. The van der Waals surface area contributed by atoms with Crippen molar-refractivity contribution in [2.45, 2.75) is 0 Å². The summed E-state index contributed by atoms with van der Waals surface area (Å²) in [6.45, 7) is 0. The molecule has 0 saturated heterocycles. The van der Waals surface area contributed by atoms with Gasteiger partial charge >= 0.3 is 0 Å². The van der Waals surface area contributed by atoms with Gasteiger partial charge in [-0.2, -0.15) is 0 Å². The molecule has 12 aromatic carbocycles. The van der Waals surface area contributed by atoms with Gasteiger partial charge in [-0.05, 0) is 107 Å². The van der Waals surface area contributed by atoms with Crippen LogP contribution in [0.1, 0.15) is 0 Å². The Morgan fingerprint density at radius 2 is 0.783 bits per heavy atom. The van der Waals surface area contributed by atoms with Gasteiger partial charge < -0.3 is 9.32 Å². The molecule has 13 aromatic rings. The van der Waals surface area contributed by atoms with Gasteiger partial charge in [0.25, 0.3) is 0 Å². The van der Waals surface area contributed by atoms with Gasteiger partial charge in [0, 0.05) is 38.5 Å². The molecule has 0 N–H and O–H groups in total. The fourth-order valence-electron chi connectivity index (χ4n) is 10.1. The lowest BCUT2D eigenvalue weighted by molar-refractivity contribution is 0.670. The highest BCUT2D eigenvalue weighted by Crippen LogP contribution is 2.48. The van der Waals surface area contributed by atoms with Crippen LogP contribution in [0.4, 0.5) is 17.1 Å². The van der Waals surface area contributed by atoms with Gasteiger partial charge in [0.2, 0.25) is 0 Å². The van der Waals surface area contributed by atoms with E-state index in [1.54, 1.807) is 0 Å². The standard InChI is InChI=1S/C58H35NO/c1-2-11-36(12-3-1)37-27-31-42(32-28-37)59(43-33-29-38(30-34-43)44-17-9-22-50-45-16-4-5-24-53(45)60-58(44)50)52-35-41-15-8-20-47-46-18-6-13-39-25-26-40-14-7-19-48(55(40)54(39)46)49-21-10-23-51(52)57(49)56(41)47/h1-35H. The first kappa shape index (κ1) is 33.1. The molecule has 0 atom stereocenters. The van der Waals surface area contributed by atoms with E-state index in [1.165, 1.54) is 75.8 Å². The molecule has 2 nitrogen and oxygen atoms in total. The summed E-state index contributed by atoms with van der Waals surface area (Å²) in [5.74, 6) is 0. The van der Waals surface area contributed by atoms with Crippen LogP contribution in [0.2, 0.25) is 0 Å². The smallest absolute Gasteiger partial charge is 0.143 e. The summed E-state index contributed by atoms with van der Waals surface area (Å²) in [6.07, 6.45) is 0. The molecule has 0 aliphatic heterocycles. The minimum Gasteiger partial charge on any atom is -0.455 e.